The molecular formula is C20H16BrNO5. The lowest BCUT2D eigenvalue weighted by molar-refractivity contribution is 0.0734. The molecule has 1 N–H and O–H groups in total. The number of halogens is 1. The zero-order valence-electron chi connectivity index (χ0n) is 14.5. The van der Waals surface area contributed by atoms with Crippen LogP contribution in [0.4, 0.5) is 0 Å². The SMILES string of the molecule is CCCNC(=O)c1cc2ccc(OC(=O)c3ccc(Br)cc3)cc2oc1=O. The number of benzene rings is 2. The molecule has 138 valence electrons. The van der Waals surface area contributed by atoms with E-state index >= 15 is 0 Å². The minimum atomic E-state index is -0.743. The predicted octanol–water partition coefficient (Wildman–Crippen LogP) is 3.91. The van der Waals surface area contributed by atoms with Crippen LogP contribution >= 0.6 is 15.9 Å². The number of ether oxygens (including phenoxy) is 1. The normalized spacial score (nSPS) is 10.6. The molecule has 0 fully saturated rings. The Hall–Kier alpha value is -2.93. The number of fused-ring (bicyclic) bond motifs is 1. The van der Waals surface area contributed by atoms with Crippen molar-refractivity contribution in [2.24, 2.45) is 0 Å². The van der Waals surface area contributed by atoms with E-state index in [0.717, 1.165) is 10.9 Å². The highest BCUT2D eigenvalue weighted by Crippen LogP contribution is 2.22. The highest BCUT2D eigenvalue weighted by molar-refractivity contribution is 9.10. The summed E-state index contributed by atoms with van der Waals surface area (Å²) in [5.41, 5.74) is -0.182. The molecule has 3 rings (SSSR count). The molecule has 0 saturated carbocycles. The van der Waals surface area contributed by atoms with Gasteiger partial charge in [-0.05, 0) is 48.9 Å². The zero-order chi connectivity index (χ0) is 19.4. The van der Waals surface area contributed by atoms with E-state index in [1.165, 1.54) is 12.1 Å². The second-order valence-corrected chi connectivity index (χ2v) is 6.72. The minimum Gasteiger partial charge on any atom is -0.423 e. The van der Waals surface area contributed by atoms with E-state index in [9.17, 15) is 14.4 Å². The molecule has 0 aliphatic carbocycles. The molecule has 1 amide bonds. The summed E-state index contributed by atoms with van der Waals surface area (Å²) in [6.45, 7) is 2.39. The van der Waals surface area contributed by atoms with Crippen LogP contribution in [0.25, 0.3) is 11.0 Å². The van der Waals surface area contributed by atoms with Crippen molar-refractivity contribution in [2.75, 3.05) is 6.54 Å². The first-order valence-electron chi connectivity index (χ1n) is 8.32. The van der Waals surface area contributed by atoms with Gasteiger partial charge < -0.3 is 14.5 Å². The molecule has 0 bridgehead atoms. The van der Waals surface area contributed by atoms with Crippen molar-refractivity contribution in [3.63, 3.8) is 0 Å². The lowest BCUT2D eigenvalue weighted by Crippen LogP contribution is -2.28. The molecule has 1 aromatic heterocycles. The van der Waals surface area contributed by atoms with Gasteiger partial charge in [0, 0.05) is 22.5 Å². The second-order valence-electron chi connectivity index (χ2n) is 5.80. The third kappa shape index (κ3) is 4.43. The fourth-order valence-corrected chi connectivity index (χ4v) is 2.66. The Morgan fingerprint density at radius 2 is 1.85 bits per heavy atom. The fourth-order valence-electron chi connectivity index (χ4n) is 2.40. The third-order valence-electron chi connectivity index (χ3n) is 3.78. The van der Waals surface area contributed by atoms with Crippen LogP contribution in [0.3, 0.4) is 0 Å². The summed E-state index contributed by atoms with van der Waals surface area (Å²) < 4.78 is 11.4. The molecular weight excluding hydrogens is 414 g/mol. The molecule has 0 atom stereocenters. The molecule has 0 radical (unpaired) electrons. The van der Waals surface area contributed by atoms with Crippen molar-refractivity contribution < 1.29 is 18.7 Å². The highest BCUT2D eigenvalue weighted by Gasteiger charge is 2.14. The van der Waals surface area contributed by atoms with Crippen LogP contribution in [-0.4, -0.2) is 18.4 Å². The average Bonchev–Trinajstić information content (AvgIpc) is 2.66. The number of carbonyl (C=O) groups excluding carboxylic acids is 2. The first-order chi connectivity index (χ1) is 13.0. The van der Waals surface area contributed by atoms with Gasteiger partial charge in [0.05, 0.1) is 5.56 Å². The molecule has 6 nitrogen and oxygen atoms in total. The standard InChI is InChI=1S/C20H16BrNO5/c1-2-9-22-18(23)16-10-13-5-8-15(11-17(13)27-20(16)25)26-19(24)12-3-6-14(21)7-4-12/h3-8,10-11H,2,9H2,1H3,(H,22,23). The van der Waals surface area contributed by atoms with E-state index < -0.39 is 17.5 Å². The smallest absolute Gasteiger partial charge is 0.349 e. The first-order valence-corrected chi connectivity index (χ1v) is 9.11. The Kier molecular flexibility index (Phi) is 5.71. The maximum Gasteiger partial charge on any atom is 0.349 e. The van der Waals surface area contributed by atoms with Gasteiger partial charge in [-0.2, -0.15) is 0 Å². The summed E-state index contributed by atoms with van der Waals surface area (Å²) in [7, 11) is 0. The fraction of sp³-hybridized carbons (Fsp3) is 0.150. The summed E-state index contributed by atoms with van der Waals surface area (Å²) in [5.74, 6) is -0.764. The number of nitrogens with one attached hydrogen (secondary N) is 1. The minimum absolute atomic E-state index is 0.0597. The Labute approximate surface area is 163 Å². The third-order valence-corrected chi connectivity index (χ3v) is 4.31. The average molecular weight is 430 g/mol. The summed E-state index contributed by atoms with van der Waals surface area (Å²) in [6.07, 6.45) is 0.762. The van der Waals surface area contributed by atoms with Gasteiger partial charge in [-0.25, -0.2) is 9.59 Å². The Morgan fingerprint density at radius 1 is 1.11 bits per heavy atom. The van der Waals surface area contributed by atoms with Crippen molar-refractivity contribution in [3.8, 4) is 5.75 Å². The molecule has 0 saturated heterocycles. The van der Waals surface area contributed by atoms with Crippen LogP contribution < -0.4 is 15.7 Å². The van der Waals surface area contributed by atoms with Crippen LogP contribution in [0.2, 0.25) is 0 Å². The number of carbonyl (C=O) groups is 2. The van der Waals surface area contributed by atoms with Crippen molar-refractivity contribution in [1.29, 1.82) is 0 Å². The first kappa shape index (κ1) is 18.8. The van der Waals surface area contributed by atoms with Crippen LogP contribution in [0.15, 0.2) is 62.2 Å². The molecule has 0 unspecified atom stereocenters. The lowest BCUT2D eigenvalue weighted by Gasteiger charge is -2.07. The number of hydrogen-bond donors (Lipinski definition) is 1. The summed E-state index contributed by atoms with van der Waals surface area (Å²) in [4.78, 5) is 36.3. The van der Waals surface area contributed by atoms with Gasteiger partial charge in [-0.3, -0.25) is 4.79 Å². The molecule has 3 aromatic rings. The maximum absolute atomic E-state index is 12.2. The number of hydrogen-bond acceptors (Lipinski definition) is 5. The van der Waals surface area contributed by atoms with E-state index in [1.54, 1.807) is 36.4 Å². The summed E-state index contributed by atoms with van der Waals surface area (Å²) in [6, 6.07) is 12.9. The largest absolute Gasteiger partial charge is 0.423 e. The molecule has 0 spiro atoms. The van der Waals surface area contributed by atoms with Crippen molar-refractivity contribution in [2.45, 2.75) is 13.3 Å². The molecule has 27 heavy (non-hydrogen) atoms. The highest BCUT2D eigenvalue weighted by atomic mass is 79.9. The predicted molar refractivity (Wildman–Crippen MR) is 104 cm³/mol. The van der Waals surface area contributed by atoms with E-state index in [-0.39, 0.29) is 16.9 Å². The molecule has 0 aliphatic heterocycles. The van der Waals surface area contributed by atoms with Gasteiger partial charge in [-0.15, -0.1) is 0 Å². The maximum atomic E-state index is 12.2. The Balaban J connectivity index is 1.85. The van der Waals surface area contributed by atoms with E-state index in [1.807, 2.05) is 6.92 Å². The second kappa shape index (κ2) is 8.18. The van der Waals surface area contributed by atoms with Crippen LogP contribution in [0, 0.1) is 0 Å². The van der Waals surface area contributed by atoms with Crippen molar-refractivity contribution >= 4 is 38.8 Å². The van der Waals surface area contributed by atoms with Crippen molar-refractivity contribution in [1.82, 2.24) is 5.32 Å². The number of amides is 1. The van der Waals surface area contributed by atoms with Gasteiger partial charge in [0.2, 0.25) is 0 Å². The van der Waals surface area contributed by atoms with Gasteiger partial charge in [0.15, 0.2) is 0 Å². The van der Waals surface area contributed by atoms with Gasteiger partial charge in [-0.1, -0.05) is 22.9 Å². The van der Waals surface area contributed by atoms with E-state index in [0.29, 0.717) is 17.5 Å². The van der Waals surface area contributed by atoms with Crippen LogP contribution in [0.1, 0.15) is 34.1 Å². The van der Waals surface area contributed by atoms with Gasteiger partial charge in [0.1, 0.15) is 16.9 Å². The van der Waals surface area contributed by atoms with Gasteiger partial charge >= 0.3 is 11.6 Å². The van der Waals surface area contributed by atoms with E-state index in [2.05, 4.69) is 21.2 Å². The zero-order valence-corrected chi connectivity index (χ0v) is 16.0. The Morgan fingerprint density at radius 3 is 2.56 bits per heavy atom. The quantitative estimate of drug-likeness (QED) is 0.377. The van der Waals surface area contributed by atoms with Crippen LogP contribution in [0.5, 0.6) is 5.75 Å². The van der Waals surface area contributed by atoms with E-state index in [4.69, 9.17) is 9.15 Å². The molecule has 1 heterocycles. The lowest BCUT2D eigenvalue weighted by atomic mass is 10.1. The monoisotopic (exact) mass is 429 g/mol. The van der Waals surface area contributed by atoms with Crippen LogP contribution in [-0.2, 0) is 0 Å². The van der Waals surface area contributed by atoms with Crippen molar-refractivity contribution in [3.05, 3.63) is 74.6 Å². The number of esters is 1. The summed E-state index contributed by atoms with van der Waals surface area (Å²) in [5, 5.41) is 3.20. The topological polar surface area (TPSA) is 85.6 Å². The number of rotatable bonds is 5. The molecule has 7 heteroatoms. The molecule has 0 aliphatic rings. The molecule has 2 aromatic carbocycles. The van der Waals surface area contributed by atoms with Gasteiger partial charge in [0.25, 0.3) is 5.91 Å². The summed E-state index contributed by atoms with van der Waals surface area (Å²) >= 11 is 3.30. The Bertz CT molecular complexity index is 1060.